The molecule has 8 rings (SSSR count). The second-order valence-corrected chi connectivity index (χ2v) is 11.9. The molecular weight excluding hydrogens is 424 g/mol. The van der Waals surface area contributed by atoms with Crippen molar-refractivity contribution in [3.05, 3.63) is 59.7 Å². The van der Waals surface area contributed by atoms with Crippen LogP contribution in [0, 0.1) is 23.7 Å². The average Bonchev–Trinajstić information content (AvgIpc) is 2.98. The van der Waals surface area contributed by atoms with Crippen molar-refractivity contribution in [2.45, 2.75) is 82.4 Å². The molecule has 1 spiro atoms. The van der Waals surface area contributed by atoms with Gasteiger partial charge in [0.1, 0.15) is 11.2 Å². The van der Waals surface area contributed by atoms with E-state index < -0.39 is 0 Å². The fourth-order valence-electron chi connectivity index (χ4n) is 8.24. The summed E-state index contributed by atoms with van der Waals surface area (Å²) in [6, 6.07) is 17.5. The van der Waals surface area contributed by atoms with E-state index in [2.05, 4.69) is 69.3 Å². The first-order chi connectivity index (χ1) is 16.5. The molecule has 34 heavy (non-hydrogen) atoms. The van der Waals surface area contributed by atoms with E-state index in [1.165, 1.54) is 35.1 Å². The zero-order chi connectivity index (χ0) is 23.1. The Balaban J connectivity index is 1.18. The van der Waals surface area contributed by atoms with E-state index in [1.54, 1.807) is 0 Å². The maximum Gasteiger partial charge on any atom is 0.161 e. The van der Waals surface area contributed by atoms with Gasteiger partial charge in [-0.3, -0.25) is 0 Å². The van der Waals surface area contributed by atoms with Crippen LogP contribution in [0.15, 0.2) is 48.5 Å². The molecule has 0 unspecified atom stereocenters. The fourth-order valence-corrected chi connectivity index (χ4v) is 8.24. The molecule has 5 fully saturated rings. The molecule has 0 N–H and O–H groups in total. The zero-order valence-corrected chi connectivity index (χ0v) is 20.5. The van der Waals surface area contributed by atoms with E-state index in [0.717, 1.165) is 19.3 Å². The first kappa shape index (κ1) is 21.6. The van der Waals surface area contributed by atoms with Crippen LogP contribution >= 0.6 is 0 Å². The van der Waals surface area contributed by atoms with Crippen LogP contribution in [0.25, 0.3) is 11.1 Å². The molecule has 2 saturated carbocycles. The summed E-state index contributed by atoms with van der Waals surface area (Å²) in [5, 5.41) is 0. The van der Waals surface area contributed by atoms with Crippen LogP contribution in [0.5, 0.6) is 0 Å². The molecule has 2 aromatic rings. The first-order valence-electron chi connectivity index (χ1n) is 13.3. The standard InChI is InChI=1S/C30H36O4/c1-18-12-13-26-19(2)28(32-27-16-29(3)15-14-25(18)30(26,27)34-33-29)31-17-24-22-10-6-4-8-20(22)21-9-5-7-11-23(21)24/h4-11,18-19,24-28H,12-17H2,1-3H3/t18-,19-,25+,26+,27-,28+,29-,30-/m1/s1. The molecule has 3 aliphatic carbocycles. The summed E-state index contributed by atoms with van der Waals surface area (Å²) in [7, 11) is 0. The summed E-state index contributed by atoms with van der Waals surface area (Å²) in [6.45, 7) is 7.55. The summed E-state index contributed by atoms with van der Waals surface area (Å²) in [5.74, 6) is 2.06. The van der Waals surface area contributed by atoms with Gasteiger partial charge in [-0.25, -0.2) is 9.78 Å². The minimum Gasteiger partial charge on any atom is -0.351 e. The summed E-state index contributed by atoms with van der Waals surface area (Å²) in [6.07, 6.45) is 5.36. The maximum absolute atomic E-state index is 6.87. The van der Waals surface area contributed by atoms with Gasteiger partial charge < -0.3 is 9.47 Å². The Labute approximate surface area is 202 Å². The van der Waals surface area contributed by atoms with E-state index in [1.807, 2.05) is 0 Å². The van der Waals surface area contributed by atoms with E-state index in [9.17, 15) is 0 Å². The number of benzene rings is 2. The van der Waals surface area contributed by atoms with Crippen molar-refractivity contribution in [1.29, 1.82) is 0 Å². The normalized spacial score (nSPS) is 42.6. The first-order valence-corrected chi connectivity index (χ1v) is 13.3. The molecule has 6 aliphatic rings. The minimum absolute atomic E-state index is 0.0378. The van der Waals surface area contributed by atoms with Gasteiger partial charge in [0.05, 0.1) is 12.7 Å². The predicted octanol–water partition coefficient (Wildman–Crippen LogP) is 6.48. The number of hydrogen-bond donors (Lipinski definition) is 0. The van der Waals surface area contributed by atoms with Crippen LogP contribution < -0.4 is 0 Å². The molecule has 0 radical (unpaired) electrons. The van der Waals surface area contributed by atoms with Gasteiger partial charge in [0.2, 0.25) is 0 Å². The average molecular weight is 461 g/mol. The molecular formula is C30H36O4. The van der Waals surface area contributed by atoms with Crippen molar-refractivity contribution in [2.75, 3.05) is 6.61 Å². The van der Waals surface area contributed by atoms with Crippen LogP contribution in [-0.2, 0) is 19.2 Å². The monoisotopic (exact) mass is 460 g/mol. The highest BCUT2D eigenvalue weighted by atomic mass is 17.2. The number of rotatable bonds is 3. The Morgan fingerprint density at radius 3 is 2.32 bits per heavy atom. The van der Waals surface area contributed by atoms with Gasteiger partial charge in [-0.2, -0.15) is 0 Å². The summed E-state index contributed by atoms with van der Waals surface area (Å²) in [5.41, 5.74) is 4.84. The topological polar surface area (TPSA) is 36.9 Å². The molecule has 4 nitrogen and oxygen atoms in total. The predicted molar refractivity (Wildman–Crippen MR) is 130 cm³/mol. The third-order valence-corrected chi connectivity index (χ3v) is 10.0. The lowest BCUT2D eigenvalue weighted by Crippen LogP contribution is -2.69. The quantitative estimate of drug-likeness (QED) is 0.491. The SMILES string of the molecule is C[C@H]1[C@@H](OCC2c3ccccc3-c3ccccc32)O[C@@H]2C[C@@]3(C)CC[C@H]4[C@H](C)CC[C@@H]1[C@@]24OO3. The second kappa shape index (κ2) is 7.64. The molecule has 180 valence electrons. The summed E-state index contributed by atoms with van der Waals surface area (Å²) < 4.78 is 13.6. The Hall–Kier alpha value is -1.72. The molecule has 0 amide bonds. The highest BCUT2D eigenvalue weighted by Crippen LogP contribution is 2.61. The third-order valence-electron chi connectivity index (χ3n) is 10.0. The number of fused-ring (bicyclic) bond motifs is 5. The molecule has 3 aliphatic heterocycles. The van der Waals surface area contributed by atoms with Crippen LogP contribution in [0.3, 0.4) is 0 Å². The largest absolute Gasteiger partial charge is 0.351 e. The fraction of sp³-hybridized carbons (Fsp3) is 0.600. The highest BCUT2D eigenvalue weighted by molar-refractivity contribution is 5.78. The van der Waals surface area contributed by atoms with Crippen LogP contribution in [-0.4, -0.2) is 30.2 Å². The second-order valence-electron chi connectivity index (χ2n) is 11.9. The highest BCUT2D eigenvalue weighted by Gasteiger charge is 2.68. The van der Waals surface area contributed by atoms with Crippen molar-refractivity contribution in [1.82, 2.24) is 0 Å². The zero-order valence-electron chi connectivity index (χ0n) is 20.5. The summed E-state index contributed by atoms with van der Waals surface area (Å²) >= 11 is 0. The molecule has 3 heterocycles. The van der Waals surface area contributed by atoms with Gasteiger partial charge in [-0.1, -0.05) is 62.4 Å². The van der Waals surface area contributed by atoms with Crippen molar-refractivity contribution in [2.24, 2.45) is 23.7 Å². The number of hydrogen-bond acceptors (Lipinski definition) is 4. The van der Waals surface area contributed by atoms with Gasteiger partial charge in [0.15, 0.2) is 6.29 Å². The molecule has 3 saturated heterocycles. The lowest BCUT2D eigenvalue weighted by Gasteiger charge is -2.61. The molecule has 2 bridgehead atoms. The Kier molecular flexibility index (Phi) is 4.84. The van der Waals surface area contributed by atoms with Gasteiger partial charge in [-0.15, -0.1) is 0 Å². The summed E-state index contributed by atoms with van der Waals surface area (Å²) in [4.78, 5) is 12.6. The lowest BCUT2D eigenvalue weighted by atomic mass is 9.56. The van der Waals surface area contributed by atoms with Gasteiger partial charge in [-0.05, 0) is 66.7 Å². The van der Waals surface area contributed by atoms with Crippen LogP contribution in [0.1, 0.15) is 69.9 Å². The number of ether oxygens (including phenoxy) is 2. The van der Waals surface area contributed by atoms with E-state index in [-0.39, 0.29) is 35.4 Å². The van der Waals surface area contributed by atoms with Gasteiger partial charge in [0.25, 0.3) is 0 Å². The smallest absolute Gasteiger partial charge is 0.161 e. The van der Waals surface area contributed by atoms with Crippen LogP contribution in [0.2, 0.25) is 0 Å². The Bertz CT molecular complexity index is 1050. The van der Waals surface area contributed by atoms with Crippen molar-refractivity contribution in [3.63, 3.8) is 0 Å². The van der Waals surface area contributed by atoms with Crippen molar-refractivity contribution >= 4 is 0 Å². The minimum atomic E-state index is -0.320. The van der Waals surface area contributed by atoms with Crippen molar-refractivity contribution in [3.8, 4) is 11.1 Å². The molecule has 2 aromatic carbocycles. The maximum atomic E-state index is 6.87. The molecule has 4 heteroatoms. The lowest BCUT2D eigenvalue weighted by molar-refractivity contribution is -0.495. The molecule has 8 atom stereocenters. The molecule has 0 aromatic heterocycles. The van der Waals surface area contributed by atoms with E-state index in [0.29, 0.717) is 24.4 Å². The van der Waals surface area contributed by atoms with Gasteiger partial charge in [0, 0.05) is 24.2 Å². The Morgan fingerprint density at radius 1 is 0.882 bits per heavy atom. The Morgan fingerprint density at radius 2 is 1.59 bits per heavy atom. The van der Waals surface area contributed by atoms with E-state index in [4.69, 9.17) is 19.2 Å². The van der Waals surface area contributed by atoms with Crippen LogP contribution in [0.4, 0.5) is 0 Å². The van der Waals surface area contributed by atoms with E-state index >= 15 is 0 Å². The van der Waals surface area contributed by atoms with Gasteiger partial charge >= 0.3 is 0 Å². The third kappa shape index (κ3) is 2.92. The van der Waals surface area contributed by atoms with Crippen molar-refractivity contribution < 1.29 is 19.2 Å².